The van der Waals surface area contributed by atoms with Gasteiger partial charge in [-0.25, -0.2) is 0 Å². The number of carbonyl (C=O) groups is 1. The quantitative estimate of drug-likeness (QED) is 0.692. The van der Waals surface area contributed by atoms with Crippen LogP contribution in [0.5, 0.6) is 0 Å². The summed E-state index contributed by atoms with van der Waals surface area (Å²) in [6.07, 6.45) is 3.12. The molecule has 0 radical (unpaired) electrons. The van der Waals surface area contributed by atoms with Crippen LogP contribution in [-0.4, -0.2) is 5.91 Å². The molecular formula is C17H12BrNO2. The average molecular weight is 342 g/mol. The van der Waals surface area contributed by atoms with Crippen LogP contribution in [0.15, 0.2) is 69.6 Å². The Balaban J connectivity index is 1.73. The minimum Gasteiger partial charge on any atom is -0.457 e. The van der Waals surface area contributed by atoms with E-state index in [4.69, 9.17) is 4.42 Å². The summed E-state index contributed by atoms with van der Waals surface area (Å²) in [4.78, 5) is 11.8. The zero-order chi connectivity index (χ0) is 14.7. The van der Waals surface area contributed by atoms with Crippen LogP contribution in [0.3, 0.4) is 0 Å². The highest BCUT2D eigenvalue weighted by Crippen LogP contribution is 2.23. The molecule has 1 N–H and O–H groups in total. The van der Waals surface area contributed by atoms with Crippen LogP contribution in [0.2, 0.25) is 0 Å². The first-order valence-electron chi connectivity index (χ1n) is 6.44. The number of fused-ring (bicyclic) bond motifs is 1. The molecule has 0 fully saturated rings. The first-order valence-corrected chi connectivity index (χ1v) is 7.23. The fraction of sp³-hybridized carbons (Fsp3) is 0. The molecule has 21 heavy (non-hydrogen) atoms. The lowest BCUT2D eigenvalue weighted by Gasteiger charge is -1.99. The van der Waals surface area contributed by atoms with Crippen molar-refractivity contribution in [3.05, 3.63) is 70.9 Å². The summed E-state index contributed by atoms with van der Waals surface area (Å²) in [6.45, 7) is 0. The molecule has 3 rings (SSSR count). The highest BCUT2D eigenvalue weighted by Gasteiger charge is 2.02. The van der Waals surface area contributed by atoms with Gasteiger partial charge in [0.15, 0.2) is 0 Å². The number of para-hydroxylation sites is 1. The van der Waals surface area contributed by atoms with Gasteiger partial charge in [-0.2, -0.15) is 0 Å². The van der Waals surface area contributed by atoms with E-state index in [-0.39, 0.29) is 5.91 Å². The molecule has 3 aromatic rings. The second-order valence-corrected chi connectivity index (χ2v) is 5.44. The minimum absolute atomic E-state index is 0.192. The van der Waals surface area contributed by atoms with Crippen molar-refractivity contribution in [3.63, 3.8) is 0 Å². The lowest BCUT2D eigenvalue weighted by Crippen LogP contribution is -2.07. The number of hydrogen-bond acceptors (Lipinski definition) is 2. The van der Waals surface area contributed by atoms with Gasteiger partial charge in [0.2, 0.25) is 5.91 Å². The van der Waals surface area contributed by atoms with E-state index < -0.39 is 0 Å². The Bertz CT molecular complexity index is 806. The van der Waals surface area contributed by atoms with Crippen LogP contribution in [0.1, 0.15) is 5.76 Å². The molecule has 0 bridgehead atoms. The van der Waals surface area contributed by atoms with Gasteiger partial charge >= 0.3 is 0 Å². The van der Waals surface area contributed by atoms with E-state index in [0.717, 1.165) is 21.1 Å². The molecule has 0 aliphatic heterocycles. The number of hydrogen-bond donors (Lipinski definition) is 1. The van der Waals surface area contributed by atoms with Crippen LogP contribution < -0.4 is 5.32 Å². The smallest absolute Gasteiger partial charge is 0.248 e. The molecule has 0 unspecified atom stereocenters. The van der Waals surface area contributed by atoms with E-state index in [1.165, 1.54) is 6.08 Å². The standard InChI is InChI=1S/C17H12BrNO2/c18-13-6-8-16-12(10-13)11-15(21-16)7-9-17(20)19-14-4-2-1-3-5-14/h1-11H,(H,19,20). The number of amides is 1. The summed E-state index contributed by atoms with van der Waals surface area (Å²) in [5.74, 6) is 0.453. The van der Waals surface area contributed by atoms with Crippen molar-refractivity contribution in [1.82, 2.24) is 0 Å². The Hall–Kier alpha value is -2.33. The van der Waals surface area contributed by atoms with Crippen LogP contribution in [0.25, 0.3) is 17.0 Å². The predicted octanol–water partition coefficient (Wildman–Crippen LogP) is 4.85. The molecule has 0 aliphatic carbocycles. The number of halogens is 1. The summed E-state index contributed by atoms with van der Waals surface area (Å²) in [5.41, 5.74) is 1.56. The Morgan fingerprint density at radius 3 is 2.71 bits per heavy atom. The molecule has 1 amide bonds. The molecule has 104 valence electrons. The van der Waals surface area contributed by atoms with E-state index in [1.807, 2.05) is 54.6 Å². The van der Waals surface area contributed by atoms with Gasteiger partial charge in [0.1, 0.15) is 11.3 Å². The van der Waals surface area contributed by atoms with Gasteiger partial charge in [0.05, 0.1) is 0 Å². The Labute approximate surface area is 130 Å². The van der Waals surface area contributed by atoms with Crippen molar-refractivity contribution < 1.29 is 9.21 Å². The van der Waals surface area contributed by atoms with Crippen LogP contribution in [0, 0.1) is 0 Å². The third-order valence-corrected chi connectivity index (χ3v) is 3.43. The van der Waals surface area contributed by atoms with Gasteiger partial charge in [-0.1, -0.05) is 34.1 Å². The number of anilines is 1. The molecule has 2 aromatic carbocycles. The third kappa shape index (κ3) is 3.41. The van der Waals surface area contributed by atoms with E-state index >= 15 is 0 Å². The fourth-order valence-electron chi connectivity index (χ4n) is 1.98. The molecule has 0 atom stereocenters. The van der Waals surface area contributed by atoms with E-state index in [0.29, 0.717) is 5.76 Å². The van der Waals surface area contributed by atoms with Crippen molar-refractivity contribution >= 4 is 44.6 Å². The highest BCUT2D eigenvalue weighted by molar-refractivity contribution is 9.10. The van der Waals surface area contributed by atoms with Gasteiger partial charge in [-0.15, -0.1) is 0 Å². The van der Waals surface area contributed by atoms with Crippen molar-refractivity contribution in [2.75, 3.05) is 5.32 Å². The zero-order valence-electron chi connectivity index (χ0n) is 11.0. The monoisotopic (exact) mass is 341 g/mol. The molecule has 4 heteroatoms. The average Bonchev–Trinajstić information content (AvgIpc) is 2.88. The fourth-order valence-corrected chi connectivity index (χ4v) is 2.36. The topological polar surface area (TPSA) is 42.2 Å². The largest absolute Gasteiger partial charge is 0.457 e. The molecule has 0 saturated carbocycles. The number of benzene rings is 2. The van der Waals surface area contributed by atoms with E-state index in [9.17, 15) is 4.79 Å². The van der Waals surface area contributed by atoms with Crippen LogP contribution in [-0.2, 0) is 4.79 Å². The van der Waals surface area contributed by atoms with Gasteiger partial charge in [-0.05, 0) is 42.5 Å². The molecule has 1 heterocycles. The normalized spacial score (nSPS) is 11.1. The molecule has 0 aliphatic rings. The Morgan fingerprint density at radius 1 is 1.10 bits per heavy atom. The predicted molar refractivity (Wildman–Crippen MR) is 88.0 cm³/mol. The number of carbonyl (C=O) groups excluding carboxylic acids is 1. The van der Waals surface area contributed by atoms with Gasteiger partial charge in [-0.3, -0.25) is 4.79 Å². The molecule has 1 aromatic heterocycles. The maximum Gasteiger partial charge on any atom is 0.248 e. The summed E-state index contributed by atoms with van der Waals surface area (Å²) in [5, 5.41) is 3.77. The molecular weight excluding hydrogens is 330 g/mol. The second kappa shape index (κ2) is 5.97. The lowest BCUT2D eigenvalue weighted by atomic mass is 10.2. The highest BCUT2D eigenvalue weighted by atomic mass is 79.9. The Morgan fingerprint density at radius 2 is 1.90 bits per heavy atom. The van der Waals surface area contributed by atoms with Crippen molar-refractivity contribution in [1.29, 1.82) is 0 Å². The van der Waals surface area contributed by atoms with Crippen molar-refractivity contribution in [2.45, 2.75) is 0 Å². The van der Waals surface area contributed by atoms with Crippen molar-refractivity contribution in [3.8, 4) is 0 Å². The summed E-state index contributed by atoms with van der Waals surface area (Å²) >= 11 is 3.42. The Kier molecular flexibility index (Phi) is 3.88. The molecule has 0 spiro atoms. The van der Waals surface area contributed by atoms with E-state index in [1.54, 1.807) is 6.08 Å². The first-order chi connectivity index (χ1) is 10.2. The summed E-state index contributed by atoms with van der Waals surface area (Å²) in [7, 11) is 0. The van der Waals surface area contributed by atoms with E-state index in [2.05, 4.69) is 21.2 Å². The third-order valence-electron chi connectivity index (χ3n) is 2.94. The lowest BCUT2D eigenvalue weighted by molar-refractivity contribution is -0.111. The number of rotatable bonds is 3. The maximum atomic E-state index is 11.8. The minimum atomic E-state index is -0.192. The van der Waals surface area contributed by atoms with Crippen LogP contribution >= 0.6 is 15.9 Å². The van der Waals surface area contributed by atoms with Gasteiger partial charge < -0.3 is 9.73 Å². The second-order valence-electron chi connectivity index (χ2n) is 4.52. The number of furan rings is 1. The number of nitrogens with one attached hydrogen (secondary N) is 1. The SMILES string of the molecule is O=C(C=Cc1cc2cc(Br)ccc2o1)Nc1ccccc1. The van der Waals surface area contributed by atoms with Crippen LogP contribution in [0.4, 0.5) is 5.69 Å². The molecule has 3 nitrogen and oxygen atoms in total. The van der Waals surface area contributed by atoms with Crippen molar-refractivity contribution in [2.24, 2.45) is 0 Å². The summed E-state index contributed by atoms with van der Waals surface area (Å²) < 4.78 is 6.63. The first kappa shape index (κ1) is 13.6. The van der Waals surface area contributed by atoms with Gasteiger partial charge in [0, 0.05) is 21.6 Å². The molecule has 0 saturated heterocycles. The zero-order valence-corrected chi connectivity index (χ0v) is 12.6. The van der Waals surface area contributed by atoms with Gasteiger partial charge in [0.25, 0.3) is 0 Å². The maximum absolute atomic E-state index is 11.8. The summed E-state index contributed by atoms with van der Waals surface area (Å²) in [6, 6.07) is 17.0.